The van der Waals surface area contributed by atoms with Gasteiger partial charge in [-0.05, 0) is 50.4 Å². The Morgan fingerprint density at radius 3 is 2.33 bits per heavy atom. The molecule has 0 aromatic carbocycles. The van der Waals surface area contributed by atoms with Crippen molar-refractivity contribution in [2.24, 2.45) is 11.8 Å². The maximum absolute atomic E-state index is 13.0. The minimum absolute atomic E-state index is 0.159. The highest BCUT2D eigenvalue weighted by atomic mass is 16.2. The Balaban J connectivity index is 1.87. The molecule has 2 amide bonds. The Morgan fingerprint density at radius 2 is 1.71 bits per heavy atom. The monoisotopic (exact) mass is 292 g/mol. The highest BCUT2D eigenvalue weighted by Gasteiger charge is 2.49. The summed E-state index contributed by atoms with van der Waals surface area (Å²) < 4.78 is 0. The fourth-order valence-corrected chi connectivity index (χ4v) is 4.86. The summed E-state index contributed by atoms with van der Waals surface area (Å²) >= 11 is 0. The molecular formula is C17H28N2O2. The minimum Gasteiger partial charge on any atom is -0.329 e. The van der Waals surface area contributed by atoms with Gasteiger partial charge in [-0.15, -0.1) is 0 Å². The van der Waals surface area contributed by atoms with E-state index in [2.05, 4.69) is 13.8 Å². The van der Waals surface area contributed by atoms with Crippen LogP contribution in [0.25, 0.3) is 0 Å². The number of carbonyl (C=O) groups is 2. The molecule has 3 aliphatic rings. The predicted molar refractivity (Wildman–Crippen MR) is 81.6 cm³/mol. The molecule has 1 saturated carbocycles. The van der Waals surface area contributed by atoms with Crippen LogP contribution in [0.1, 0.15) is 59.3 Å². The molecule has 0 N–H and O–H groups in total. The van der Waals surface area contributed by atoms with Gasteiger partial charge in [-0.2, -0.15) is 0 Å². The van der Waals surface area contributed by atoms with Crippen molar-refractivity contribution in [3.8, 4) is 0 Å². The molecule has 4 atom stereocenters. The molecule has 0 aromatic heterocycles. The van der Waals surface area contributed by atoms with Crippen LogP contribution >= 0.6 is 0 Å². The molecule has 2 aliphatic heterocycles. The Morgan fingerprint density at radius 1 is 1.05 bits per heavy atom. The number of hydrogen-bond acceptors (Lipinski definition) is 2. The van der Waals surface area contributed by atoms with E-state index in [4.69, 9.17) is 0 Å². The quantitative estimate of drug-likeness (QED) is 0.784. The molecule has 1 aliphatic carbocycles. The van der Waals surface area contributed by atoms with E-state index in [-0.39, 0.29) is 29.9 Å². The molecule has 4 nitrogen and oxygen atoms in total. The molecule has 4 unspecified atom stereocenters. The standard InChI is InChI=1S/C17H28N2O2/c1-4-14-16(20)18-7-5-6-15(18)17(21)19(14)13-9-11(2)8-12(3)10-13/h11-15H,4-10H2,1-3H3. The fraction of sp³-hybridized carbons (Fsp3) is 0.882. The van der Waals surface area contributed by atoms with Crippen molar-refractivity contribution in [1.29, 1.82) is 0 Å². The van der Waals surface area contributed by atoms with E-state index in [0.29, 0.717) is 11.8 Å². The number of carbonyl (C=O) groups excluding carboxylic acids is 2. The average molecular weight is 292 g/mol. The summed E-state index contributed by atoms with van der Waals surface area (Å²) in [6, 6.07) is -0.102. The second-order valence-electron chi connectivity index (χ2n) is 7.43. The van der Waals surface area contributed by atoms with Crippen molar-refractivity contribution in [2.75, 3.05) is 6.54 Å². The summed E-state index contributed by atoms with van der Waals surface area (Å²) in [6.45, 7) is 7.37. The summed E-state index contributed by atoms with van der Waals surface area (Å²) in [5, 5.41) is 0. The zero-order chi connectivity index (χ0) is 15.1. The van der Waals surface area contributed by atoms with Gasteiger partial charge in [0.2, 0.25) is 11.8 Å². The lowest BCUT2D eigenvalue weighted by atomic mass is 9.78. The van der Waals surface area contributed by atoms with Crippen LogP contribution in [-0.4, -0.2) is 46.3 Å². The summed E-state index contributed by atoms with van der Waals surface area (Å²) in [7, 11) is 0. The largest absolute Gasteiger partial charge is 0.329 e. The highest BCUT2D eigenvalue weighted by molar-refractivity contribution is 5.97. The smallest absolute Gasteiger partial charge is 0.246 e. The zero-order valence-corrected chi connectivity index (χ0v) is 13.5. The van der Waals surface area contributed by atoms with Crippen LogP contribution in [0.3, 0.4) is 0 Å². The van der Waals surface area contributed by atoms with Crippen LogP contribution in [-0.2, 0) is 9.59 Å². The number of piperazine rings is 1. The van der Waals surface area contributed by atoms with E-state index in [9.17, 15) is 9.59 Å². The van der Waals surface area contributed by atoms with Gasteiger partial charge in [0.15, 0.2) is 0 Å². The lowest BCUT2D eigenvalue weighted by molar-refractivity contribution is -0.163. The fourth-order valence-electron chi connectivity index (χ4n) is 4.86. The lowest BCUT2D eigenvalue weighted by Crippen LogP contribution is -2.65. The third-order valence-electron chi connectivity index (χ3n) is 5.63. The highest BCUT2D eigenvalue weighted by Crippen LogP contribution is 2.37. The van der Waals surface area contributed by atoms with Gasteiger partial charge >= 0.3 is 0 Å². The first-order valence-corrected chi connectivity index (χ1v) is 8.65. The van der Waals surface area contributed by atoms with Gasteiger partial charge in [0, 0.05) is 12.6 Å². The molecule has 118 valence electrons. The molecule has 0 bridgehead atoms. The Labute approximate surface area is 127 Å². The van der Waals surface area contributed by atoms with Crippen molar-refractivity contribution >= 4 is 11.8 Å². The van der Waals surface area contributed by atoms with Crippen molar-refractivity contribution in [1.82, 2.24) is 9.80 Å². The van der Waals surface area contributed by atoms with Gasteiger partial charge in [-0.1, -0.05) is 20.8 Å². The van der Waals surface area contributed by atoms with Gasteiger partial charge in [0.1, 0.15) is 12.1 Å². The summed E-state index contributed by atoms with van der Waals surface area (Å²) in [5.41, 5.74) is 0. The Hall–Kier alpha value is -1.06. The normalized spacial score (nSPS) is 40.6. The van der Waals surface area contributed by atoms with E-state index in [1.165, 1.54) is 6.42 Å². The topological polar surface area (TPSA) is 40.6 Å². The van der Waals surface area contributed by atoms with Crippen LogP contribution in [0.15, 0.2) is 0 Å². The zero-order valence-electron chi connectivity index (χ0n) is 13.5. The molecule has 3 fully saturated rings. The van der Waals surface area contributed by atoms with E-state index in [0.717, 1.165) is 38.6 Å². The van der Waals surface area contributed by atoms with Crippen LogP contribution in [0, 0.1) is 11.8 Å². The molecule has 3 rings (SSSR count). The summed E-state index contributed by atoms with van der Waals surface area (Å²) in [5.74, 6) is 1.73. The van der Waals surface area contributed by atoms with Gasteiger partial charge < -0.3 is 9.80 Å². The van der Waals surface area contributed by atoms with Gasteiger partial charge in [0.25, 0.3) is 0 Å². The molecular weight excluding hydrogens is 264 g/mol. The van der Waals surface area contributed by atoms with Crippen LogP contribution in [0.4, 0.5) is 0 Å². The SMILES string of the molecule is CCC1C(=O)N2CCCC2C(=O)N1C1CC(C)CC(C)C1. The number of amides is 2. The summed E-state index contributed by atoms with van der Waals surface area (Å²) in [6.07, 6.45) is 5.95. The Kier molecular flexibility index (Phi) is 3.98. The van der Waals surface area contributed by atoms with E-state index >= 15 is 0 Å². The maximum atomic E-state index is 13.0. The number of nitrogens with zero attached hydrogens (tertiary/aromatic N) is 2. The van der Waals surface area contributed by atoms with E-state index < -0.39 is 0 Å². The second-order valence-corrected chi connectivity index (χ2v) is 7.43. The molecule has 0 spiro atoms. The van der Waals surface area contributed by atoms with Crippen molar-refractivity contribution in [3.63, 3.8) is 0 Å². The van der Waals surface area contributed by atoms with Gasteiger partial charge in [-0.3, -0.25) is 9.59 Å². The van der Waals surface area contributed by atoms with E-state index in [1.54, 1.807) is 0 Å². The molecule has 0 aromatic rings. The van der Waals surface area contributed by atoms with Gasteiger partial charge in [-0.25, -0.2) is 0 Å². The predicted octanol–water partition coefficient (Wildman–Crippen LogP) is 2.42. The molecule has 21 heavy (non-hydrogen) atoms. The third kappa shape index (κ3) is 2.47. The second kappa shape index (κ2) is 5.62. The first kappa shape index (κ1) is 14.9. The first-order chi connectivity index (χ1) is 10.0. The molecule has 4 heteroatoms. The van der Waals surface area contributed by atoms with Crippen LogP contribution < -0.4 is 0 Å². The molecule has 0 radical (unpaired) electrons. The average Bonchev–Trinajstić information content (AvgIpc) is 2.91. The number of hydrogen-bond donors (Lipinski definition) is 0. The molecule has 2 saturated heterocycles. The van der Waals surface area contributed by atoms with Crippen molar-refractivity contribution < 1.29 is 9.59 Å². The third-order valence-corrected chi connectivity index (χ3v) is 5.63. The molecule has 2 heterocycles. The Bertz CT molecular complexity index is 427. The van der Waals surface area contributed by atoms with E-state index in [1.807, 2.05) is 16.7 Å². The maximum Gasteiger partial charge on any atom is 0.246 e. The van der Waals surface area contributed by atoms with Crippen molar-refractivity contribution in [2.45, 2.75) is 77.4 Å². The van der Waals surface area contributed by atoms with Crippen LogP contribution in [0.5, 0.6) is 0 Å². The van der Waals surface area contributed by atoms with Crippen molar-refractivity contribution in [3.05, 3.63) is 0 Å². The minimum atomic E-state index is -0.214. The lowest BCUT2D eigenvalue weighted by Gasteiger charge is -2.48. The number of rotatable bonds is 2. The van der Waals surface area contributed by atoms with Gasteiger partial charge in [0.05, 0.1) is 0 Å². The number of fused-ring (bicyclic) bond motifs is 1. The van der Waals surface area contributed by atoms with Crippen LogP contribution in [0.2, 0.25) is 0 Å². The summed E-state index contributed by atoms with van der Waals surface area (Å²) in [4.78, 5) is 29.5. The first-order valence-electron chi connectivity index (χ1n) is 8.65.